The van der Waals surface area contributed by atoms with Crippen LogP contribution in [0.1, 0.15) is 48.6 Å². The maximum absolute atomic E-state index is 13.4. The number of pyridine rings is 2. The number of amides is 1. The molecule has 1 aromatic carbocycles. The predicted octanol–water partition coefficient (Wildman–Crippen LogP) is 4.54. The first-order valence-electron chi connectivity index (χ1n) is 11.8. The van der Waals surface area contributed by atoms with E-state index in [9.17, 15) is 38.1 Å². The number of hydrogen-bond donors (Lipinski definition) is 1. The Bertz CT molecular complexity index is 1640. The summed E-state index contributed by atoms with van der Waals surface area (Å²) in [6, 6.07) is 5.05. The predicted molar refractivity (Wildman–Crippen MR) is 137 cm³/mol. The molecule has 0 aliphatic carbocycles. The Kier molecular flexibility index (Phi) is 7.14. The number of anilines is 1. The van der Waals surface area contributed by atoms with Crippen molar-refractivity contribution in [3.8, 4) is 6.07 Å². The zero-order valence-electron chi connectivity index (χ0n) is 21.2. The number of aryl methyl sites for hydroxylation is 1. The van der Waals surface area contributed by atoms with E-state index in [-0.39, 0.29) is 33.9 Å². The number of nitriles is 1. The van der Waals surface area contributed by atoms with Crippen LogP contribution < -0.4 is 10.9 Å². The normalized spacial score (nSPS) is 14.5. The van der Waals surface area contributed by atoms with Crippen LogP contribution in [0.5, 0.6) is 0 Å². The third-order valence-corrected chi connectivity index (χ3v) is 6.70. The number of carbonyl (C=O) groups excluding carboxylic acids is 1. The standard InChI is InChI=1S/C26H23F3N6O4/c1-14(17-8-19(26(27,28)29)10-20(9-17)35(38)39)32-24-22-11-21(16-4-6-34(7-5-16)15(2)36)25(37)33(3)23(22)18(12-30)13-31-24/h4,8-11,13-14H,5-7H2,1-3H3,(H,31,32)/t14-/m1/s1. The van der Waals surface area contributed by atoms with Gasteiger partial charge in [-0.3, -0.25) is 19.7 Å². The van der Waals surface area contributed by atoms with Crippen LogP contribution in [0.3, 0.4) is 0 Å². The van der Waals surface area contributed by atoms with Crippen molar-refractivity contribution in [2.45, 2.75) is 32.5 Å². The van der Waals surface area contributed by atoms with Crippen LogP contribution in [-0.2, 0) is 18.0 Å². The fourth-order valence-electron chi connectivity index (χ4n) is 4.57. The highest BCUT2D eigenvalue weighted by Crippen LogP contribution is 2.35. The van der Waals surface area contributed by atoms with Crippen molar-refractivity contribution in [1.82, 2.24) is 14.5 Å². The van der Waals surface area contributed by atoms with Crippen molar-refractivity contribution in [3.05, 3.63) is 79.3 Å². The molecule has 0 radical (unpaired) electrons. The lowest BCUT2D eigenvalue weighted by atomic mass is 9.98. The summed E-state index contributed by atoms with van der Waals surface area (Å²) in [4.78, 5) is 41.3. The fourth-order valence-corrected chi connectivity index (χ4v) is 4.57. The summed E-state index contributed by atoms with van der Waals surface area (Å²) in [6.07, 6.45) is -1.33. The Hall–Kier alpha value is -4.73. The van der Waals surface area contributed by atoms with Crippen molar-refractivity contribution in [1.29, 1.82) is 5.26 Å². The van der Waals surface area contributed by atoms with Crippen LogP contribution in [0.15, 0.2) is 41.3 Å². The number of benzene rings is 1. The SMILES string of the molecule is CC(=O)N1CC=C(c2cc3c(N[C@H](C)c4cc([N+](=O)[O-])cc(C(F)(F)F)c4)ncc(C#N)c3n(C)c2=O)CC1. The van der Waals surface area contributed by atoms with Crippen LogP contribution in [0.25, 0.3) is 16.5 Å². The van der Waals surface area contributed by atoms with Gasteiger partial charge in [0.15, 0.2) is 0 Å². The molecule has 202 valence electrons. The molecule has 1 N–H and O–H groups in total. The van der Waals surface area contributed by atoms with Gasteiger partial charge in [-0.1, -0.05) is 6.08 Å². The summed E-state index contributed by atoms with van der Waals surface area (Å²) in [6.45, 7) is 3.74. The van der Waals surface area contributed by atoms with Crippen LogP contribution in [0, 0.1) is 21.4 Å². The molecule has 10 nitrogen and oxygen atoms in total. The summed E-state index contributed by atoms with van der Waals surface area (Å²) >= 11 is 0. The number of aromatic nitrogens is 2. The minimum absolute atomic E-state index is 0.000177. The third kappa shape index (κ3) is 5.31. The Morgan fingerprint density at radius 1 is 1.28 bits per heavy atom. The maximum Gasteiger partial charge on any atom is 0.416 e. The van der Waals surface area contributed by atoms with E-state index < -0.39 is 28.4 Å². The summed E-state index contributed by atoms with van der Waals surface area (Å²) in [5, 5.41) is 24.3. The molecule has 0 saturated carbocycles. The van der Waals surface area contributed by atoms with Gasteiger partial charge in [-0.25, -0.2) is 4.98 Å². The zero-order valence-corrected chi connectivity index (χ0v) is 21.2. The van der Waals surface area contributed by atoms with E-state index in [4.69, 9.17) is 0 Å². The van der Waals surface area contributed by atoms with E-state index in [1.165, 1.54) is 31.7 Å². The number of halogens is 3. The molecular formula is C26H23F3N6O4. The number of nitrogens with zero attached hydrogens (tertiary/aromatic N) is 5. The highest BCUT2D eigenvalue weighted by molar-refractivity contribution is 5.95. The number of nitro groups is 1. The molecule has 1 amide bonds. The molecule has 13 heteroatoms. The minimum Gasteiger partial charge on any atom is -0.363 e. The lowest BCUT2D eigenvalue weighted by Crippen LogP contribution is -2.33. The number of fused-ring (bicyclic) bond motifs is 1. The van der Waals surface area contributed by atoms with Gasteiger partial charge in [-0.05, 0) is 36.6 Å². The van der Waals surface area contributed by atoms with E-state index in [1.54, 1.807) is 17.0 Å². The summed E-state index contributed by atoms with van der Waals surface area (Å²) < 4.78 is 41.6. The first kappa shape index (κ1) is 27.3. The Morgan fingerprint density at radius 2 is 2.00 bits per heavy atom. The molecule has 0 bridgehead atoms. The third-order valence-electron chi connectivity index (χ3n) is 6.70. The second-order valence-corrected chi connectivity index (χ2v) is 9.20. The van der Waals surface area contributed by atoms with Crippen LogP contribution >= 0.6 is 0 Å². The van der Waals surface area contributed by atoms with Crippen LogP contribution in [-0.4, -0.2) is 38.4 Å². The van der Waals surface area contributed by atoms with Crippen LogP contribution in [0.4, 0.5) is 24.7 Å². The lowest BCUT2D eigenvalue weighted by molar-refractivity contribution is -0.385. The monoisotopic (exact) mass is 540 g/mol. The van der Waals surface area contributed by atoms with Crippen molar-refractivity contribution in [2.24, 2.45) is 7.05 Å². The smallest absolute Gasteiger partial charge is 0.363 e. The van der Waals surface area contributed by atoms with Crippen molar-refractivity contribution >= 4 is 33.9 Å². The molecule has 0 saturated heterocycles. The van der Waals surface area contributed by atoms with Crippen molar-refractivity contribution < 1.29 is 22.9 Å². The molecule has 1 atom stereocenters. The second kappa shape index (κ2) is 10.2. The Labute approximate surface area is 220 Å². The van der Waals surface area contributed by atoms with Crippen molar-refractivity contribution in [2.75, 3.05) is 18.4 Å². The van der Waals surface area contributed by atoms with E-state index in [0.717, 1.165) is 12.1 Å². The molecule has 0 unspecified atom stereocenters. The molecule has 0 fully saturated rings. The summed E-state index contributed by atoms with van der Waals surface area (Å²) in [7, 11) is 1.50. The molecule has 1 aliphatic heterocycles. The first-order chi connectivity index (χ1) is 18.3. The van der Waals surface area contributed by atoms with Crippen molar-refractivity contribution in [3.63, 3.8) is 0 Å². The van der Waals surface area contributed by atoms with Gasteiger partial charge in [-0.15, -0.1) is 0 Å². The largest absolute Gasteiger partial charge is 0.416 e. The number of nitro benzene ring substituents is 1. The Morgan fingerprint density at radius 3 is 2.56 bits per heavy atom. The molecule has 1 aliphatic rings. The molecule has 3 heterocycles. The van der Waals surface area contributed by atoms with E-state index in [0.29, 0.717) is 42.1 Å². The van der Waals surface area contributed by atoms with Gasteiger partial charge in [0.1, 0.15) is 11.9 Å². The maximum atomic E-state index is 13.4. The highest BCUT2D eigenvalue weighted by Gasteiger charge is 2.33. The highest BCUT2D eigenvalue weighted by atomic mass is 19.4. The molecule has 3 aromatic rings. The van der Waals surface area contributed by atoms with Gasteiger partial charge in [0.2, 0.25) is 5.91 Å². The number of alkyl halides is 3. The van der Waals surface area contributed by atoms with E-state index >= 15 is 0 Å². The van der Waals surface area contributed by atoms with E-state index in [2.05, 4.69) is 10.3 Å². The lowest BCUT2D eigenvalue weighted by Gasteiger charge is -2.25. The topological polar surface area (TPSA) is 134 Å². The second-order valence-electron chi connectivity index (χ2n) is 9.20. The van der Waals surface area contributed by atoms with Gasteiger partial charge in [0.25, 0.3) is 11.2 Å². The molecule has 39 heavy (non-hydrogen) atoms. The first-order valence-corrected chi connectivity index (χ1v) is 11.8. The van der Waals surface area contributed by atoms with Crippen LogP contribution in [0.2, 0.25) is 0 Å². The van der Waals surface area contributed by atoms with Gasteiger partial charge in [0.05, 0.1) is 27.6 Å². The van der Waals surface area contributed by atoms with Gasteiger partial charge >= 0.3 is 6.18 Å². The van der Waals surface area contributed by atoms with Gasteiger partial charge in [-0.2, -0.15) is 18.4 Å². The number of rotatable bonds is 5. The molecule has 0 spiro atoms. The molecule has 2 aromatic heterocycles. The zero-order chi connectivity index (χ0) is 28.6. The summed E-state index contributed by atoms with van der Waals surface area (Å²) in [5.41, 5.74) is -0.788. The van der Waals surface area contributed by atoms with Gasteiger partial charge in [0, 0.05) is 56.3 Å². The summed E-state index contributed by atoms with van der Waals surface area (Å²) in [5.74, 6) is 0.0880. The number of nitrogens with one attached hydrogen (secondary N) is 1. The quantitative estimate of drug-likeness (QED) is 0.371. The molecular weight excluding hydrogens is 517 g/mol. The van der Waals surface area contributed by atoms with E-state index in [1.807, 2.05) is 6.07 Å². The number of hydrogen-bond acceptors (Lipinski definition) is 7. The average molecular weight is 541 g/mol. The number of carbonyl (C=O) groups is 1. The fraction of sp³-hybridized carbons (Fsp3) is 0.308. The average Bonchev–Trinajstić information content (AvgIpc) is 2.90. The molecule has 4 rings (SSSR count). The number of non-ortho nitro benzene ring substituents is 1. The Balaban J connectivity index is 1.83. The minimum atomic E-state index is -4.79. The van der Waals surface area contributed by atoms with Gasteiger partial charge < -0.3 is 14.8 Å².